The van der Waals surface area contributed by atoms with Crippen LogP contribution in [-0.2, 0) is 4.79 Å². The van der Waals surface area contributed by atoms with Crippen LogP contribution in [-0.4, -0.2) is 22.6 Å². The quantitative estimate of drug-likeness (QED) is 0.610. The second-order valence-electron chi connectivity index (χ2n) is 4.16. The van der Waals surface area contributed by atoms with Crippen LogP contribution in [0.3, 0.4) is 0 Å². The zero-order valence-electron chi connectivity index (χ0n) is 10.4. The minimum Gasteiger partial charge on any atom is -0.480 e. The van der Waals surface area contributed by atoms with Crippen molar-refractivity contribution >= 4 is 23.4 Å². The Morgan fingerprint density at radius 2 is 2.00 bits per heavy atom. The lowest BCUT2D eigenvalue weighted by Crippen LogP contribution is -2.53. The van der Waals surface area contributed by atoms with E-state index in [2.05, 4.69) is 10.6 Å². The molecule has 0 saturated heterocycles. The van der Waals surface area contributed by atoms with Gasteiger partial charge in [-0.2, -0.15) is 0 Å². The number of anilines is 2. The fourth-order valence-corrected chi connectivity index (χ4v) is 1.31. The Morgan fingerprint density at radius 1 is 1.39 bits per heavy atom. The SMILES string of the molecule is CCC(C)(NC(=O)Nc1ccccc1N)C(=O)O. The number of carboxylic acid groups (broad SMARTS) is 1. The van der Waals surface area contributed by atoms with Gasteiger partial charge in [-0.1, -0.05) is 19.1 Å². The molecular weight excluding hydrogens is 234 g/mol. The van der Waals surface area contributed by atoms with Gasteiger partial charge in [-0.3, -0.25) is 0 Å². The smallest absolute Gasteiger partial charge is 0.329 e. The highest BCUT2D eigenvalue weighted by Crippen LogP contribution is 2.17. The molecule has 5 N–H and O–H groups in total. The maximum absolute atomic E-state index is 11.7. The van der Waals surface area contributed by atoms with E-state index in [9.17, 15) is 9.59 Å². The number of rotatable bonds is 4. The molecule has 0 saturated carbocycles. The minimum atomic E-state index is -1.30. The van der Waals surface area contributed by atoms with E-state index < -0.39 is 17.5 Å². The summed E-state index contributed by atoms with van der Waals surface area (Å²) in [5.41, 5.74) is 5.23. The van der Waals surface area contributed by atoms with Crippen LogP contribution >= 0.6 is 0 Å². The van der Waals surface area contributed by atoms with Gasteiger partial charge in [0.05, 0.1) is 11.4 Å². The summed E-state index contributed by atoms with van der Waals surface area (Å²) in [7, 11) is 0. The van der Waals surface area contributed by atoms with Crippen LogP contribution in [0.2, 0.25) is 0 Å². The maximum Gasteiger partial charge on any atom is 0.329 e. The Bertz CT molecular complexity index is 462. The van der Waals surface area contributed by atoms with E-state index in [1.165, 1.54) is 6.92 Å². The molecule has 1 aromatic rings. The Morgan fingerprint density at radius 3 is 2.50 bits per heavy atom. The van der Waals surface area contributed by atoms with Crippen molar-refractivity contribution in [3.63, 3.8) is 0 Å². The fraction of sp³-hybridized carbons (Fsp3) is 0.333. The first kappa shape index (κ1) is 13.8. The molecule has 1 rings (SSSR count). The van der Waals surface area contributed by atoms with Gasteiger partial charge in [0.15, 0.2) is 0 Å². The van der Waals surface area contributed by atoms with Crippen LogP contribution in [0.5, 0.6) is 0 Å². The van der Waals surface area contributed by atoms with Crippen LogP contribution in [0.15, 0.2) is 24.3 Å². The number of benzene rings is 1. The first-order valence-electron chi connectivity index (χ1n) is 5.56. The third-order valence-electron chi connectivity index (χ3n) is 2.78. The number of para-hydroxylation sites is 2. The molecule has 0 aliphatic rings. The summed E-state index contributed by atoms with van der Waals surface area (Å²) in [6, 6.07) is 6.15. The summed E-state index contributed by atoms with van der Waals surface area (Å²) in [5.74, 6) is -1.08. The molecule has 1 unspecified atom stereocenters. The van der Waals surface area contributed by atoms with Crippen molar-refractivity contribution in [2.24, 2.45) is 0 Å². The van der Waals surface area contributed by atoms with Crippen LogP contribution < -0.4 is 16.4 Å². The Hall–Kier alpha value is -2.24. The minimum absolute atomic E-state index is 0.278. The highest BCUT2D eigenvalue weighted by Gasteiger charge is 2.32. The summed E-state index contributed by atoms with van der Waals surface area (Å²) >= 11 is 0. The number of nitrogens with one attached hydrogen (secondary N) is 2. The molecule has 0 aromatic heterocycles. The van der Waals surface area contributed by atoms with Crippen molar-refractivity contribution in [2.75, 3.05) is 11.1 Å². The van der Waals surface area contributed by atoms with Gasteiger partial charge in [0.2, 0.25) is 0 Å². The fourth-order valence-electron chi connectivity index (χ4n) is 1.31. The zero-order chi connectivity index (χ0) is 13.8. The normalized spacial score (nSPS) is 13.4. The van der Waals surface area contributed by atoms with E-state index in [1.807, 2.05) is 0 Å². The van der Waals surface area contributed by atoms with Gasteiger partial charge < -0.3 is 21.5 Å². The van der Waals surface area contributed by atoms with Crippen LogP contribution in [0.4, 0.5) is 16.2 Å². The van der Waals surface area contributed by atoms with Crippen molar-refractivity contribution < 1.29 is 14.7 Å². The third kappa shape index (κ3) is 3.13. The van der Waals surface area contributed by atoms with Gasteiger partial charge in [0.1, 0.15) is 5.54 Å². The number of nitrogen functional groups attached to an aromatic ring is 1. The Balaban J connectivity index is 2.73. The predicted molar refractivity (Wildman–Crippen MR) is 69.3 cm³/mol. The van der Waals surface area contributed by atoms with Crippen LogP contribution in [0.1, 0.15) is 20.3 Å². The number of carboxylic acids is 1. The molecule has 18 heavy (non-hydrogen) atoms. The number of carbonyl (C=O) groups excluding carboxylic acids is 1. The van der Waals surface area contributed by atoms with Crippen molar-refractivity contribution in [3.05, 3.63) is 24.3 Å². The highest BCUT2D eigenvalue weighted by molar-refractivity contribution is 5.95. The average Bonchev–Trinajstić information content (AvgIpc) is 2.31. The number of aliphatic carboxylic acids is 1. The molecule has 98 valence electrons. The van der Waals surface area contributed by atoms with E-state index in [4.69, 9.17) is 10.8 Å². The third-order valence-corrected chi connectivity index (χ3v) is 2.78. The molecule has 0 radical (unpaired) electrons. The number of hydrogen-bond donors (Lipinski definition) is 4. The standard InChI is InChI=1S/C12H17N3O3/c1-3-12(2,10(16)17)15-11(18)14-9-7-5-4-6-8(9)13/h4-7H,3,13H2,1-2H3,(H,16,17)(H2,14,15,18). The van der Waals surface area contributed by atoms with E-state index >= 15 is 0 Å². The van der Waals surface area contributed by atoms with E-state index in [0.717, 1.165) is 0 Å². The number of urea groups is 1. The Kier molecular flexibility index (Phi) is 4.14. The monoisotopic (exact) mass is 251 g/mol. The van der Waals surface area contributed by atoms with Gasteiger partial charge in [-0.25, -0.2) is 9.59 Å². The second-order valence-corrected chi connectivity index (χ2v) is 4.16. The van der Waals surface area contributed by atoms with Gasteiger partial charge in [0.25, 0.3) is 0 Å². The number of carbonyl (C=O) groups is 2. The maximum atomic E-state index is 11.7. The van der Waals surface area contributed by atoms with E-state index in [0.29, 0.717) is 11.4 Å². The van der Waals surface area contributed by atoms with Crippen LogP contribution in [0.25, 0.3) is 0 Å². The summed E-state index contributed by atoms with van der Waals surface area (Å²) in [6.45, 7) is 3.13. The summed E-state index contributed by atoms with van der Waals surface area (Å²) in [5, 5.41) is 14.0. The van der Waals surface area contributed by atoms with Crippen molar-refractivity contribution in [2.45, 2.75) is 25.8 Å². The van der Waals surface area contributed by atoms with Gasteiger partial charge in [0, 0.05) is 0 Å². The molecule has 0 spiro atoms. The van der Waals surface area contributed by atoms with Crippen molar-refractivity contribution in [1.29, 1.82) is 0 Å². The molecule has 1 aromatic carbocycles. The summed E-state index contributed by atoms with van der Waals surface area (Å²) in [6.07, 6.45) is 0.278. The van der Waals surface area contributed by atoms with Crippen LogP contribution in [0, 0.1) is 0 Å². The first-order chi connectivity index (χ1) is 8.39. The molecule has 0 aliphatic carbocycles. The summed E-state index contributed by atoms with van der Waals surface area (Å²) < 4.78 is 0. The Labute approximate surface area is 105 Å². The first-order valence-corrected chi connectivity index (χ1v) is 5.56. The molecule has 0 heterocycles. The topological polar surface area (TPSA) is 104 Å². The molecule has 6 heteroatoms. The largest absolute Gasteiger partial charge is 0.480 e. The molecular formula is C12H17N3O3. The van der Waals surface area contributed by atoms with Gasteiger partial charge >= 0.3 is 12.0 Å². The van der Waals surface area contributed by atoms with Crippen molar-refractivity contribution in [1.82, 2.24) is 5.32 Å². The molecule has 6 nitrogen and oxygen atoms in total. The molecule has 2 amide bonds. The molecule has 1 atom stereocenters. The zero-order valence-corrected chi connectivity index (χ0v) is 10.4. The van der Waals surface area contributed by atoms with E-state index in [1.54, 1.807) is 31.2 Å². The molecule has 0 fully saturated rings. The molecule has 0 aliphatic heterocycles. The lowest BCUT2D eigenvalue weighted by molar-refractivity contribution is -0.143. The number of nitrogens with two attached hydrogens (primary N) is 1. The second kappa shape index (κ2) is 5.39. The van der Waals surface area contributed by atoms with Gasteiger partial charge in [-0.05, 0) is 25.5 Å². The molecule has 0 bridgehead atoms. The van der Waals surface area contributed by atoms with E-state index in [-0.39, 0.29) is 6.42 Å². The number of hydrogen-bond acceptors (Lipinski definition) is 3. The van der Waals surface area contributed by atoms with Gasteiger partial charge in [-0.15, -0.1) is 0 Å². The summed E-state index contributed by atoms with van der Waals surface area (Å²) in [4.78, 5) is 22.7. The lowest BCUT2D eigenvalue weighted by atomic mass is 10.00. The highest BCUT2D eigenvalue weighted by atomic mass is 16.4. The average molecular weight is 251 g/mol. The number of amides is 2. The van der Waals surface area contributed by atoms with Crippen molar-refractivity contribution in [3.8, 4) is 0 Å². The predicted octanol–water partition coefficient (Wildman–Crippen LogP) is 1.64. The lowest BCUT2D eigenvalue weighted by Gasteiger charge is -2.24.